The standard InChI is InChI=1S/C16H18I3NO9/c1-5(14(24)20(2)3-6(22)7(23)4-21)29-13-11(18)8(15(25)26)10(17)9(12(13)19)16(27)28/h5-7,21-23H,3-4H2,1-2H3,(H,25,26)(H,27,28). The van der Waals surface area contributed by atoms with Crippen LogP contribution < -0.4 is 4.74 Å². The summed E-state index contributed by atoms with van der Waals surface area (Å²) in [5.41, 5.74) is -0.484. The second-order valence-electron chi connectivity index (χ2n) is 5.93. The van der Waals surface area contributed by atoms with Crippen molar-refractivity contribution in [2.45, 2.75) is 25.2 Å². The maximum absolute atomic E-state index is 12.5. The number of amides is 1. The first kappa shape index (κ1) is 26.5. The summed E-state index contributed by atoms with van der Waals surface area (Å²) in [4.78, 5) is 36.8. The van der Waals surface area contributed by atoms with E-state index in [1.165, 1.54) is 14.0 Å². The fourth-order valence-electron chi connectivity index (χ4n) is 2.27. The SMILES string of the molecule is CC(Oc1c(I)c(C(=O)O)c(I)c(C(=O)O)c1I)C(=O)N(C)CC(O)C(O)CO. The molecule has 0 heterocycles. The van der Waals surface area contributed by atoms with Crippen molar-refractivity contribution in [2.24, 2.45) is 0 Å². The van der Waals surface area contributed by atoms with E-state index in [2.05, 4.69) is 0 Å². The third kappa shape index (κ3) is 6.25. The van der Waals surface area contributed by atoms with Gasteiger partial charge >= 0.3 is 11.9 Å². The Kier molecular flexibility index (Phi) is 10.3. The van der Waals surface area contributed by atoms with E-state index in [4.69, 9.17) is 9.84 Å². The van der Waals surface area contributed by atoms with Crippen molar-refractivity contribution < 1.29 is 44.7 Å². The summed E-state index contributed by atoms with van der Waals surface area (Å²) in [6, 6.07) is 0. The zero-order valence-electron chi connectivity index (χ0n) is 15.1. The number of hydrogen-bond donors (Lipinski definition) is 5. The van der Waals surface area contributed by atoms with Crippen LogP contribution >= 0.6 is 67.8 Å². The normalized spacial score (nSPS) is 14.1. The average Bonchev–Trinajstić information content (AvgIpc) is 2.62. The molecule has 3 unspecified atom stereocenters. The highest BCUT2D eigenvalue weighted by molar-refractivity contribution is 14.1. The number of likely N-dealkylation sites (N-methyl/N-ethyl adjacent to an activating group) is 1. The molecule has 3 atom stereocenters. The van der Waals surface area contributed by atoms with Crippen LogP contribution in [0.25, 0.3) is 0 Å². The van der Waals surface area contributed by atoms with Crippen LogP contribution in [0.5, 0.6) is 5.75 Å². The van der Waals surface area contributed by atoms with Gasteiger partial charge in [-0.15, -0.1) is 0 Å². The number of aliphatic hydroxyl groups is 3. The van der Waals surface area contributed by atoms with Gasteiger partial charge in [0.05, 0.1) is 31.0 Å². The van der Waals surface area contributed by atoms with E-state index in [1.54, 1.807) is 67.8 Å². The van der Waals surface area contributed by atoms with E-state index < -0.39 is 42.8 Å². The summed E-state index contributed by atoms with van der Waals surface area (Å²) in [5.74, 6) is -3.32. The molecule has 1 aromatic carbocycles. The van der Waals surface area contributed by atoms with Crippen LogP contribution in [-0.2, 0) is 4.79 Å². The number of carbonyl (C=O) groups excluding carboxylic acids is 1. The van der Waals surface area contributed by atoms with E-state index in [9.17, 15) is 34.8 Å². The molecule has 0 aliphatic heterocycles. The van der Waals surface area contributed by atoms with E-state index in [-0.39, 0.29) is 34.1 Å². The zero-order chi connectivity index (χ0) is 22.6. The number of ether oxygens (including phenoxy) is 1. The van der Waals surface area contributed by atoms with Crippen LogP contribution in [0, 0.1) is 10.7 Å². The van der Waals surface area contributed by atoms with Gasteiger partial charge in [-0.3, -0.25) is 4.79 Å². The van der Waals surface area contributed by atoms with E-state index >= 15 is 0 Å². The van der Waals surface area contributed by atoms with Gasteiger partial charge in [0, 0.05) is 17.2 Å². The van der Waals surface area contributed by atoms with Gasteiger partial charge in [0.15, 0.2) is 6.10 Å². The van der Waals surface area contributed by atoms with Crippen molar-refractivity contribution >= 4 is 85.6 Å². The number of rotatable bonds is 9. The number of benzene rings is 1. The number of nitrogens with zero attached hydrogens (tertiary/aromatic N) is 1. The molecule has 0 bridgehead atoms. The Balaban J connectivity index is 3.24. The summed E-state index contributed by atoms with van der Waals surface area (Å²) in [7, 11) is 1.35. The minimum absolute atomic E-state index is 0.0426. The van der Waals surface area contributed by atoms with Gasteiger partial charge in [0.25, 0.3) is 5.91 Å². The first-order chi connectivity index (χ1) is 13.3. The largest absolute Gasteiger partial charge is 0.479 e. The monoisotopic (exact) mass is 749 g/mol. The van der Waals surface area contributed by atoms with E-state index in [0.29, 0.717) is 0 Å². The van der Waals surface area contributed by atoms with Gasteiger partial charge in [0.2, 0.25) is 0 Å². The molecule has 0 saturated carbocycles. The number of halogens is 3. The van der Waals surface area contributed by atoms with Crippen molar-refractivity contribution in [3.05, 3.63) is 21.8 Å². The molecule has 0 radical (unpaired) electrons. The van der Waals surface area contributed by atoms with Crippen LogP contribution in [0.3, 0.4) is 0 Å². The molecule has 13 heteroatoms. The summed E-state index contributed by atoms with van der Waals surface area (Å²) in [5, 5.41) is 46.9. The van der Waals surface area contributed by atoms with Crippen LogP contribution in [0.4, 0.5) is 0 Å². The average molecular weight is 749 g/mol. The molecule has 29 heavy (non-hydrogen) atoms. The second-order valence-corrected chi connectivity index (χ2v) is 9.16. The van der Waals surface area contributed by atoms with Gasteiger partial charge in [-0.2, -0.15) is 0 Å². The van der Waals surface area contributed by atoms with Gasteiger partial charge in [-0.25, -0.2) is 9.59 Å². The predicted octanol–water partition coefficient (Wildman–Crippen LogP) is 0.837. The first-order valence-electron chi connectivity index (χ1n) is 7.90. The smallest absolute Gasteiger partial charge is 0.338 e. The number of hydrogen-bond acceptors (Lipinski definition) is 7. The highest BCUT2D eigenvalue weighted by Crippen LogP contribution is 2.38. The minimum Gasteiger partial charge on any atom is -0.479 e. The van der Waals surface area contributed by atoms with Gasteiger partial charge in [0.1, 0.15) is 11.9 Å². The van der Waals surface area contributed by atoms with Crippen molar-refractivity contribution in [2.75, 3.05) is 20.2 Å². The molecular formula is C16H18I3NO9. The quantitative estimate of drug-likeness (QED) is 0.230. The third-order valence-corrected chi connectivity index (χ3v) is 6.95. The van der Waals surface area contributed by atoms with Crippen LogP contribution in [0.15, 0.2) is 0 Å². The van der Waals surface area contributed by atoms with Crippen LogP contribution in [0.1, 0.15) is 27.6 Å². The molecule has 1 rings (SSSR count). The lowest BCUT2D eigenvalue weighted by molar-refractivity contribution is -0.139. The third-order valence-electron chi connectivity index (χ3n) is 3.82. The Hall–Kier alpha value is -0.500. The fraction of sp³-hybridized carbons (Fsp3) is 0.438. The molecule has 0 aliphatic rings. The molecule has 0 fully saturated rings. The molecule has 0 spiro atoms. The minimum atomic E-state index is -1.42. The Morgan fingerprint density at radius 3 is 1.79 bits per heavy atom. The van der Waals surface area contributed by atoms with Gasteiger partial charge < -0.3 is 35.2 Å². The lowest BCUT2D eigenvalue weighted by Crippen LogP contribution is -2.45. The maximum Gasteiger partial charge on any atom is 0.338 e. The number of carboxylic acids is 2. The fourth-order valence-corrected chi connectivity index (χ4v) is 6.61. The molecule has 1 aromatic rings. The molecule has 1 amide bonds. The maximum atomic E-state index is 12.5. The van der Waals surface area contributed by atoms with Crippen molar-refractivity contribution in [3.8, 4) is 5.75 Å². The van der Waals surface area contributed by atoms with Crippen molar-refractivity contribution in [1.82, 2.24) is 4.90 Å². The highest BCUT2D eigenvalue weighted by Gasteiger charge is 2.31. The molecule has 10 nitrogen and oxygen atoms in total. The molecule has 0 saturated heterocycles. The molecule has 0 aromatic heterocycles. The molecular weight excluding hydrogens is 731 g/mol. The molecule has 5 N–H and O–H groups in total. The Bertz CT molecular complexity index is 776. The number of carbonyl (C=O) groups is 3. The van der Waals surface area contributed by atoms with Crippen molar-refractivity contribution in [3.63, 3.8) is 0 Å². The lowest BCUT2D eigenvalue weighted by Gasteiger charge is -2.26. The topological polar surface area (TPSA) is 165 Å². The molecule has 162 valence electrons. The second kappa shape index (κ2) is 11.2. The van der Waals surface area contributed by atoms with Gasteiger partial charge in [-0.05, 0) is 74.7 Å². The van der Waals surface area contributed by atoms with E-state index in [1.807, 2.05) is 0 Å². The Morgan fingerprint density at radius 2 is 1.41 bits per heavy atom. The predicted molar refractivity (Wildman–Crippen MR) is 125 cm³/mol. The van der Waals surface area contributed by atoms with Crippen LogP contribution in [-0.4, -0.2) is 86.8 Å². The molecule has 0 aliphatic carbocycles. The van der Waals surface area contributed by atoms with Crippen LogP contribution in [0.2, 0.25) is 0 Å². The lowest BCUT2D eigenvalue weighted by atomic mass is 10.1. The summed E-state index contributed by atoms with van der Waals surface area (Å²) in [6.45, 7) is 0.429. The summed E-state index contributed by atoms with van der Waals surface area (Å²) < 4.78 is 5.97. The van der Waals surface area contributed by atoms with Gasteiger partial charge in [-0.1, -0.05) is 0 Å². The summed E-state index contributed by atoms with van der Waals surface area (Å²) in [6.07, 6.45) is -3.95. The summed E-state index contributed by atoms with van der Waals surface area (Å²) >= 11 is 5.09. The Morgan fingerprint density at radius 1 is 0.966 bits per heavy atom. The first-order valence-corrected chi connectivity index (χ1v) is 11.1. The zero-order valence-corrected chi connectivity index (χ0v) is 21.6. The van der Waals surface area contributed by atoms with E-state index in [0.717, 1.165) is 4.90 Å². The number of aromatic carboxylic acids is 2. The Labute approximate surface area is 206 Å². The number of aliphatic hydroxyl groups excluding tert-OH is 3. The highest BCUT2D eigenvalue weighted by atomic mass is 127. The van der Waals surface area contributed by atoms with Crippen molar-refractivity contribution in [1.29, 1.82) is 0 Å². The number of carboxylic acid groups (broad SMARTS) is 2.